The van der Waals surface area contributed by atoms with E-state index in [0.29, 0.717) is 31.5 Å². The topological polar surface area (TPSA) is 139 Å². The summed E-state index contributed by atoms with van der Waals surface area (Å²) in [4.78, 5) is 13.2. The SMILES string of the molecule is CC(C)CN(C(CO)CCCCNC(=O)[C@@H](N)C(c1ccccc1)c1ccccc1)S(=O)(=O)c1ccc(N)cc1. The van der Waals surface area contributed by atoms with Crippen LogP contribution in [0.25, 0.3) is 0 Å². The maximum Gasteiger partial charge on any atom is 0.243 e. The number of nitrogens with two attached hydrogens (primary N) is 2. The Morgan fingerprint density at radius 3 is 1.95 bits per heavy atom. The number of sulfonamides is 1. The van der Waals surface area contributed by atoms with Crippen LogP contribution in [0.5, 0.6) is 0 Å². The third-order valence-electron chi connectivity index (χ3n) is 6.89. The van der Waals surface area contributed by atoms with Gasteiger partial charge in [0.25, 0.3) is 0 Å². The number of nitrogen functional groups attached to an aromatic ring is 1. The van der Waals surface area contributed by atoms with Crippen LogP contribution in [0.2, 0.25) is 0 Å². The molecular weight excluding hydrogens is 524 g/mol. The van der Waals surface area contributed by atoms with E-state index in [1.807, 2.05) is 74.5 Å². The molecule has 1 amide bonds. The zero-order valence-electron chi connectivity index (χ0n) is 23.3. The Hall–Kier alpha value is -3.24. The molecule has 0 heterocycles. The largest absolute Gasteiger partial charge is 0.399 e. The lowest BCUT2D eigenvalue weighted by Crippen LogP contribution is -2.45. The van der Waals surface area contributed by atoms with Gasteiger partial charge in [-0.25, -0.2) is 8.42 Å². The fraction of sp³-hybridized carbons (Fsp3) is 0.387. The molecular formula is C31H42N4O4S. The molecule has 3 rings (SSSR count). The number of aliphatic hydroxyl groups is 1. The van der Waals surface area contributed by atoms with Crippen molar-refractivity contribution >= 4 is 21.6 Å². The molecule has 0 spiro atoms. The normalized spacial score (nSPS) is 13.5. The van der Waals surface area contributed by atoms with Crippen LogP contribution in [-0.4, -0.2) is 55.5 Å². The Morgan fingerprint density at radius 1 is 0.900 bits per heavy atom. The average molecular weight is 567 g/mol. The van der Waals surface area contributed by atoms with E-state index in [4.69, 9.17) is 11.5 Å². The first kappa shape index (κ1) is 31.3. The minimum Gasteiger partial charge on any atom is -0.399 e. The number of hydrogen-bond acceptors (Lipinski definition) is 6. The summed E-state index contributed by atoms with van der Waals surface area (Å²) in [6.07, 6.45) is 1.69. The molecule has 216 valence electrons. The number of nitrogens with one attached hydrogen (secondary N) is 1. The molecule has 1 unspecified atom stereocenters. The molecule has 3 aromatic carbocycles. The van der Waals surface area contributed by atoms with Crippen molar-refractivity contribution in [3.05, 3.63) is 96.1 Å². The Morgan fingerprint density at radius 2 is 1.45 bits per heavy atom. The van der Waals surface area contributed by atoms with Crippen molar-refractivity contribution in [1.29, 1.82) is 0 Å². The Balaban J connectivity index is 1.60. The lowest BCUT2D eigenvalue weighted by Gasteiger charge is -2.31. The molecule has 0 aliphatic rings. The van der Waals surface area contributed by atoms with E-state index in [1.165, 1.54) is 16.4 Å². The monoisotopic (exact) mass is 566 g/mol. The Kier molecular flexibility index (Phi) is 11.7. The maximum absolute atomic E-state index is 13.4. The van der Waals surface area contributed by atoms with Crippen LogP contribution in [0, 0.1) is 5.92 Å². The minimum atomic E-state index is -3.82. The van der Waals surface area contributed by atoms with Crippen LogP contribution in [0.1, 0.15) is 50.2 Å². The van der Waals surface area contributed by atoms with Crippen LogP contribution in [-0.2, 0) is 14.8 Å². The predicted octanol–water partition coefficient (Wildman–Crippen LogP) is 3.72. The Labute approximate surface area is 238 Å². The third-order valence-corrected chi connectivity index (χ3v) is 8.82. The van der Waals surface area contributed by atoms with Gasteiger partial charge in [0, 0.05) is 30.7 Å². The second kappa shape index (κ2) is 14.9. The van der Waals surface area contributed by atoms with Gasteiger partial charge in [0.05, 0.1) is 17.5 Å². The van der Waals surface area contributed by atoms with Gasteiger partial charge in [0.1, 0.15) is 0 Å². The van der Waals surface area contributed by atoms with Crippen LogP contribution in [0.3, 0.4) is 0 Å². The number of amides is 1. The van der Waals surface area contributed by atoms with Gasteiger partial charge < -0.3 is 21.9 Å². The summed E-state index contributed by atoms with van der Waals surface area (Å²) in [5.41, 5.74) is 14.6. The minimum absolute atomic E-state index is 0.0700. The Bertz CT molecular complexity index is 1250. The van der Waals surface area contributed by atoms with E-state index in [1.54, 1.807) is 12.1 Å². The highest BCUT2D eigenvalue weighted by Crippen LogP contribution is 2.27. The summed E-state index contributed by atoms with van der Waals surface area (Å²) in [5, 5.41) is 13.1. The fourth-order valence-corrected chi connectivity index (χ4v) is 6.63. The number of carbonyl (C=O) groups is 1. The van der Waals surface area contributed by atoms with Gasteiger partial charge in [-0.05, 0) is 54.2 Å². The molecule has 2 atom stereocenters. The van der Waals surface area contributed by atoms with E-state index in [9.17, 15) is 18.3 Å². The van der Waals surface area contributed by atoms with Gasteiger partial charge in [-0.2, -0.15) is 4.31 Å². The molecule has 0 saturated heterocycles. The summed E-state index contributed by atoms with van der Waals surface area (Å²) in [5.74, 6) is -0.464. The second-order valence-corrected chi connectivity index (χ2v) is 12.4. The molecule has 9 heteroatoms. The molecule has 40 heavy (non-hydrogen) atoms. The fourth-order valence-electron chi connectivity index (χ4n) is 4.82. The van der Waals surface area contributed by atoms with Crippen LogP contribution in [0.15, 0.2) is 89.8 Å². The van der Waals surface area contributed by atoms with Crippen LogP contribution in [0.4, 0.5) is 5.69 Å². The molecule has 3 aromatic rings. The number of benzene rings is 3. The number of carbonyl (C=O) groups excluding carboxylic acids is 1. The van der Waals surface area contributed by atoms with Gasteiger partial charge in [0.2, 0.25) is 15.9 Å². The lowest BCUT2D eigenvalue weighted by atomic mass is 9.85. The lowest BCUT2D eigenvalue weighted by molar-refractivity contribution is -0.122. The summed E-state index contributed by atoms with van der Waals surface area (Å²) in [7, 11) is -3.82. The van der Waals surface area contributed by atoms with E-state index >= 15 is 0 Å². The van der Waals surface area contributed by atoms with Crippen molar-refractivity contribution < 1.29 is 18.3 Å². The van der Waals surface area contributed by atoms with Gasteiger partial charge in [-0.3, -0.25) is 4.79 Å². The van der Waals surface area contributed by atoms with Crippen LogP contribution >= 0.6 is 0 Å². The summed E-state index contributed by atoms with van der Waals surface area (Å²) < 4.78 is 28.3. The first-order valence-corrected chi connectivity index (χ1v) is 15.2. The number of rotatable bonds is 15. The highest BCUT2D eigenvalue weighted by molar-refractivity contribution is 7.89. The van der Waals surface area contributed by atoms with Crippen molar-refractivity contribution in [2.24, 2.45) is 11.7 Å². The van der Waals surface area contributed by atoms with Crippen molar-refractivity contribution in [1.82, 2.24) is 9.62 Å². The molecule has 0 fully saturated rings. The molecule has 0 aliphatic carbocycles. The molecule has 0 aromatic heterocycles. The molecule has 0 aliphatic heterocycles. The highest BCUT2D eigenvalue weighted by Gasteiger charge is 2.32. The predicted molar refractivity (Wildman–Crippen MR) is 160 cm³/mol. The van der Waals surface area contributed by atoms with E-state index < -0.39 is 22.1 Å². The van der Waals surface area contributed by atoms with Crippen molar-refractivity contribution in [2.75, 3.05) is 25.4 Å². The van der Waals surface area contributed by atoms with Crippen molar-refractivity contribution in [3.8, 4) is 0 Å². The summed E-state index contributed by atoms with van der Waals surface area (Å²) >= 11 is 0. The van der Waals surface area contributed by atoms with E-state index in [-0.39, 0.29) is 35.8 Å². The van der Waals surface area contributed by atoms with Gasteiger partial charge in [-0.15, -0.1) is 0 Å². The van der Waals surface area contributed by atoms with Crippen molar-refractivity contribution in [2.45, 2.75) is 56.0 Å². The zero-order chi connectivity index (χ0) is 29.1. The summed E-state index contributed by atoms with van der Waals surface area (Å²) in [6.45, 7) is 4.27. The van der Waals surface area contributed by atoms with E-state index in [0.717, 1.165) is 11.1 Å². The number of nitrogens with zero attached hydrogens (tertiary/aromatic N) is 1. The molecule has 0 bridgehead atoms. The number of aliphatic hydroxyl groups excluding tert-OH is 1. The van der Waals surface area contributed by atoms with E-state index in [2.05, 4.69) is 5.32 Å². The summed E-state index contributed by atoms with van der Waals surface area (Å²) in [6, 6.07) is 24.2. The number of unbranched alkanes of at least 4 members (excludes halogenated alkanes) is 1. The first-order valence-electron chi connectivity index (χ1n) is 13.8. The molecule has 0 saturated carbocycles. The average Bonchev–Trinajstić information content (AvgIpc) is 2.95. The first-order chi connectivity index (χ1) is 19.1. The van der Waals surface area contributed by atoms with Gasteiger partial charge >= 0.3 is 0 Å². The zero-order valence-corrected chi connectivity index (χ0v) is 24.1. The van der Waals surface area contributed by atoms with Crippen molar-refractivity contribution in [3.63, 3.8) is 0 Å². The quantitative estimate of drug-likeness (QED) is 0.163. The van der Waals surface area contributed by atoms with Crippen LogP contribution < -0.4 is 16.8 Å². The maximum atomic E-state index is 13.4. The highest BCUT2D eigenvalue weighted by atomic mass is 32.2. The standard InChI is InChI=1S/C31H42N4O4S/c1-23(2)21-35(40(38,39)28-18-16-26(32)17-19-28)27(22-36)15-9-10-20-34-31(37)30(33)29(24-11-5-3-6-12-24)25-13-7-4-8-14-25/h3-8,11-14,16-19,23,27,29-30,36H,9-10,15,20-22,32-33H2,1-2H3,(H,34,37)/t27?,30-/m0/s1. The second-order valence-electron chi connectivity index (χ2n) is 10.5. The third kappa shape index (κ3) is 8.38. The number of anilines is 1. The molecule has 8 nitrogen and oxygen atoms in total. The smallest absolute Gasteiger partial charge is 0.243 e. The molecule has 6 N–H and O–H groups in total. The molecule has 0 radical (unpaired) electrons. The van der Waals surface area contributed by atoms with Gasteiger partial charge in [-0.1, -0.05) is 80.9 Å². The number of hydrogen-bond donors (Lipinski definition) is 4. The van der Waals surface area contributed by atoms with Gasteiger partial charge in [0.15, 0.2) is 0 Å².